The van der Waals surface area contributed by atoms with Crippen molar-refractivity contribution in [1.29, 1.82) is 0 Å². The predicted octanol–water partition coefficient (Wildman–Crippen LogP) is 3.45. The Labute approximate surface area is 94.3 Å². The molecule has 0 spiro atoms. The van der Waals surface area contributed by atoms with Crippen molar-refractivity contribution in [1.82, 2.24) is 0 Å². The summed E-state index contributed by atoms with van der Waals surface area (Å²) in [5, 5.41) is 0. The molecule has 0 atom stereocenters. The summed E-state index contributed by atoms with van der Waals surface area (Å²) in [7, 11) is 4.64. The number of rotatable bonds is 6. The minimum Gasteiger partial charge on any atom is -0.325 e. The molecule has 0 aliphatic carbocycles. The second-order valence-corrected chi connectivity index (χ2v) is 5.01. The monoisotopic (exact) mass is 206 g/mol. The van der Waals surface area contributed by atoms with E-state index < -0.39 is 0 Å². The van der Waals surface area contributed by atoms with Crippen molar-refractivity contribution in [2.24, 2.45) is 0 Å². The fraction of sp³-hybridized carbons (Fsp3) is 0.571. The van der Waals surface area contributed by atoms with Crippen molar-refractivity contribution in [3.8, 4) is 0 Å². The summed E-state index contributed by atoms with van der Waals surface area (Å²) in [5.41, 5.74) is 1.44. The number of hydrogen-bond acceptors (Lipinski definition) is 0. The van der Waals surface area contributed by atoms with Crippen LogP contribution in [0.3, 0.4) is 0 Å². The van der Waals surface area contributed by atoms with Crippen LogP contribution in [0.4, 0.5) is 0 Å². The van der Waals surface area contributed by atoms with Crippen molar-refractivity contribution < 1.29 is 4.48 Å². The van der Waals surface area contributed by atoms with Gasteiger partial charge in [-0.2, -0.15) is 0 Å². The zero-order chi connectivity index (χ0) is 11.1. The molecule has 0 heterocycles. The summed E-state index contributed by atoms with van der Waals surface area (Å²) in [6.07, 6.45) is 4.01. The maximum Gasteiger partial charge on any atom is 0.104 e. The van der Waals surface area contributed by atoms with Crippen LogP contribution in [0, 0.1) is 0 Å². The zero-order valence-corrected chi connectivity index (χ0v) is 10.4. The molecule has 0 aliphatic heterocycles. The van der Waals surface area contributed by atoms with Gasteiger partial charge >= 0.3 is 0 Å². The number of hydrogen-bond donors (Lipinski definition) is 0. The third-order valence-electron chi connectivity index (χ3n) is 2.82. The van der Waals surface area contributed by atoms with Gasteiger partial charge in [-0.3, -0.25) is 0 Å². The lowest BCUT2D eigenvalue weighted by Crippen LogP contribution is -2.39. The summed E-state index contributed by atoms with van der Waals surface area (Å²) in [6.45, 7) is 4.69. The molecule has 0 N–H and O–H groups in total. The zero-order valence-electron chi connectivity index (χ0n) is 10.4. The Hall–Kier alpha value is -0.820. The van der Waals surface area contributed by atoms with E-state index in [0.29, 0.717) is 0 Å². The Morgan fingerprint density at radius 1 is 1.00 bits per heavy atom. The Morgan fingerprint density at radius 2 is 1.67 bits per heavy atom. The second-order valence-electron chi connectivity index (χ2n) is 5.01. The fourth-order valence-electron chi connectivity index (χ4n) is 1.95. The van der Waals surface area contributed by atoms with Gasteiger partial charge in [0.2, 0.25) is 0 Å². The maximum absolute atomic E-state index is 2.32. The normalized spacial score (nSPS) is 11.7. The van der Waals surface area contributed by atoms with Crippen LogP contribution >= 0.6 is 0 Å². The number of nitrogens with zero attached hydrogens (tertiary/aromatic N) is 1. The van der Waals surface area contributed by atoms with Crippen molar-refractivity contribution in [2.45, 2.75) is 32.7 Å². The lowest BCUT2D eigenvalue weighted by molar-refractivity contribution is -0.903. The predicted molar refractivity (Wildman–Crippen MR) is 66.6 cm³/mol. The van der Waals surface area contributed by atoms with Crippen molar-refractivity contribution in [3.05, 3.63) is 35.9 Å². The molecule has 1 rings (SSSR count). The molecular weight excluding hydrogens is 182 g/mol. The summed E-state index contributed by atoms with van der Waals surface area (Å²) in [5.74, 6) is 0. The van der Waals surface area contributed by atoms with E-state index in [1.807, 2.05) is 0 Å². The van der Waals surface area contributed by atoms with E-state index in [2.05, 4.69) is 51.4 Å². The molecule has 0 unspecified atom stereocenters. The van der Waals surface area contributed by atoms with E-state index in [1.165, 1.54) is 31.4 Å². The minimum absolute atomic E-state index is 1.10. The van der Waals surface area contributed by atoms with Gasteiger partial charge in [0, 0.05) is 5.56 Å². The number of quaternary nitrogens is 1. The summed E-state index contributed by atoms with van der Waals surface area (Å²) in [4.78, 5) is 0. The molecule has 0 aliphatic rings. The van der Waals surface area contributed by atoms with Crippen LogP contribution in [0.1, 0.15) is 31.7 Å². The Morgan fingerprint density at radius 3 is 2.27 bits per heavy atom. The van der Waals surface area contributed by atoms with Crippen LogP contribution in [0.15, 0.2) is 30.3 Å². The average molecular weight is 206 g/mol. The summed E-state index contributed by atoms with van der Waals surface area (Å²) >= 11 is 0. The van der Waals surface area contributed by atoms with E-state index >= 15 is 0 Å². The van der Waals surface area contributed by atoms with Crippen LogP contribution in [0.25, 0.3) is 0 Å². The third-order valence-corrected chi connectivity index (χ3v) is 2.82. The highest BCUT2D eigenvalue weighted by Crippen LogP contribution is 2.10. The van der Waals surface area contributed by atoms with E-state index in [9.17, 15) is 0 Å². The Balaban J connectivity index is 2.42. The average Bonchev–Trinajstić information content (AvgIpc) is 2.18. The summed E-state index contributed by atoms with van der Waals surface area (Å²) < 4.78 is 1.10. The third kappa shape index (κ3) is 4.98. The fourth-order valence-corrected chi connectivity index (χ4v) is 1.95. The first kappa shape index (κ1) is 12.3. The van der Waals surface area contributed by atoms with Gasteiger partial charge < -0.3 is 4.48 Å². The molecule has 0 fully saturated rings. The SMILES string of the molecule is CCCCC[N+](C)(C)Cc1ccccc1. The van der Waals surface area contributed by atoms with E-state index in [-0.39, 0.29) is 0 Å². The first-order chi connectivity index (χ1) is 7.14. The summed E-state index contributed by atoms with van der Waals surface area (Å²) in [6, 6.07) is 10.8. The molecular formula is C14H24N+. The smallest absolute Gasteiger partial charge is 0.104 e. The molecule has 0 bridgehead atoms. The topological polar surface area (TPSA) is 0 Å². The van der Waals surface area contributed by atoms with Crippen molar-refractivity contribution >= 4 is 0 Å². The quantitative estimate of drug-likeness (QED) is 0.494. The van der Waals surface area contributed by atoms with Crippen LogP contribution in [-0.4, -0.2) is 25.1 Å². The van der Waals surface area contributed by atoms with Crippen molar-refractivity contribution in [3.63, 3.8) is 0 Å². The number of unbranched alkanes of at least 4 members (excludes halogenated alkanes) is 2. The maximum atomic E-state index is 2.32. The van der Waals surface area contributed by atoms with Crippen molar-refractivity contribution in [2.75, 3.05) is 20.6 Å². The molecule has 1 aromatic carbocycles. The largest absolute Gasteiger partial charge is 0.325 e. The van der Waals surface area contributed by atoms with Gasteiger partial charge in [-0.1, -0.05) is 43.7 Å². The highest BCUT2D eigenvalue weighted by molar-refractivity contribution is 5.13. The van der Waals surface area contributed by atoms with Crippen LogP contribution in [0.5, 0.6) is 0 Å². The molecule has 1 nitrogen and oxygen atoms in total. The van der Waals surface area contributed by atoms with Gasteiger partial charge in [-0.05, 0) is 12.8 Å². The molecule has 84 valence electrons. The van der Waals surface area contributed by atoms with Gasteiger partial charge in [-0.25, -0.2) is 0 Å². The van der Waals surface area contributed by atoms with Gasteiger partial charge in [0.1, 0.15) is 6.54 Å². The Bertz CT molecular complexity index is 264. The Kier molecular flexibility index (Phi) is 4.83. The van der Waals surface area contributed by atoms with E-state index in [0.717, 1.165) is 11.0 Å². The molecule has 1 aromatic rings. The molecule has 0 saturated carbocycles. The first-order valence-corrected chi connectivity index (χ1v) is 6.00. The van der Waals surface area contributed by atoms with E-state index in [1.54, 1.807) is 0 Å². The van der Waals surface area contributed by atoms with E-state index in [4.69, 9.17) is 0 Å². The first-order valence-electron chi connectivity index (χ1n) is 6.00. The van der Waals surface area contributed by atoms with Crippen LogP contribution < -0.4 is 0 Å². The lowest BCUT2D eigenvalue weighted by atomic mass is 10.2. The van der Waals surface area contributed by atoms with Gasteiger partial charge in [0.05, 0.1) is 20.6 Å². The molecule has 0 amide bonds. The minimum atomic E-state index is 1.10. The van der Waals surface area contributed by atoms with Gasteiger partial charge in [0.25, 0.3) is 0 Å². The molecule has 15 heavy (non-hydrogen) atoms. The highest BCUT2D eigenvalue weighted by atomic mass is 15.3. The number of benzene rings is 1. The molecule has 0 radical (unpaired) electrons. The standard InChI is InChI=1S/C14H24N/c1-4-5-9-12-15(2,3)13-14-10-7-6-8-11-14/h6-8,10-11H,4-5,9,12-13H2,1-3H3/q+1. The molecule has 0 aromatic heterocycles. The molecule has 1 heteroatoms. The second kappa shape index (κ2) is 5.92. The van der Waals surface area contributed by atoms with Gasteiger partial charge in [-0.15, -0.1) is 0 Å². The molecule has 0 saturated heterocycles. The van der Waals surface area contributed by atoms with Crippen LogP contribution in [-0.2, 0) is 6.54 Å². The van der Waals surface area contributed by atoms with Crippen LogP contribution in [0.2, 0.25) is 0 Å². The lowest BCUT2D eigenvalue weighted by Gasteiger charge is -2.30. The van der Waals surface area contributed by atoms with Gasteiger partial charge in [0.15, 0.2) is 0 Å². The highest BCUT2D eigenvalue weighted by Gasteiger charge is 2.14.